The summed E-state index contributed by atoms with van der Waals surface area (Å²) in [6.07, 6.45) is -0.140. The molecule has 0 bridgehead atoms. The molecule has 0 aliphatic rings. The van der Waals surface area contributed by atoms with E-state index in [2.05, 4.69) is 0 Å². The molecule has 0 unspecified atom stereocenters. The summed E-state index contributed by atoms with van der Waals surface area (Å²) in [6.45, 7) is 2.54. The maximum absolute atomic E-state index is 11.3. The van der Waals surface area contributed by atoms with E-state index in [4.69, 9.17) is 5.11 Å². The lowest BCUT2D eigenvalue weighted by Crippen LogP contribution is -2.64. The van der Waals surface area contributed by atoms with E-state index in [0.717, 1.165) is 20.8 Å². The summed E-state index contributed by atoms with van der Waals surface area (Å²) in [5.74, 6) is -5.05. The van der Waals surface area contributed by atoms with E-state index in [0.29, 0.717) is 0 Å². The van der Waals surface area contributed by atoms with E-state index in [9.17, 15) is 24.0 Å². The highest BCUT2D eigenvalue weighted by molar-refractivity contribution is 6.28. The number of carbonyl (C=O) groups is 5. The van der Waals surface area contributed by atoms with Gasteiger partial charge in [-0.05, 0) is 13.8 Å². The van der Waals surface area contributed by atoms with Crippen LogP contribution in [0, 0.1) is 0 Å². The van der Waals surface area contributed by atoms with Crippen LogP contribution in [0.4, 0.5) is 0 Å². The van der Waals surface area contributed by atoms with Crippen LogP contribution in [0.15, 0.2) is 0 Å². The molecule has 7 nitrogen and oxygen atoms in total. The second-order valence-electron chi connectivity index (χ2n) is 3.12. The maximum atomic E-state index is 11.3. The molecule has 0 rings (SSSR count). The number of hydrogen-bond donors (Lipinski definition) is 1. The maximum Gasteiger partial charge on any atom is 0.345 e. The number of rotatable bonds is 5. The number of carboxylic acid groups (broad SMARTS) is 1. The zero-order valence-corrected chi connectivity index (χ0v) is 9.01. The number of nitrogens with zero attached hydrogens (tertiary/aromatic N) is 1. The monoisotopic (exact) mass is 229 g/mol. The molecule has 88 valence electrons. The minimum absolute atomic E-state index is 0.0833. The zero-order valence-electron chi connectivity index (χ0n) is 9.01. The van der Waals surface area contributed by atoms with Gasteiger partial charge in [-0.3, -0.25) is 24.1 Å². The van der Waals surface area contributed by atoms with Crippen LogP contribution in [-0.4, -0.2) is 45.4 Å². The van der Waals surface area contributed by atoms with Gasteiger partial charge in [0.2, 0.25) is 12.3 Å². The van der Waals surface area contributed by atoms with Crippen molar-refractivity contribution in [3.05, 3.63) is 0 Å². The van der Waals surface area contributed by atoms with Crippen molar-refractivity contribution in [1.29, 1.82) is 0 Å². The molecule has 0 fully saturated rings. The summed E-state index contributed by atoms with van der Waals surface area (Å²) in [7, 11) is 0. The number of imide groups is 1. The second-order valence-corrected chi connectivity index (χ2v) is 3.12. The predicted octanol–water partition coefficient (Wildman–Crippen LogP) is -1.01. The van der Waals surface area contributed by atoms with Crippen molar-refractivity contribution in [2.75, 3.05) is 0 Å². The quantitative estimate of drug-likeness (QED) is 0.478. The molecule has 1 N–H and O–H groups in total. The fourth-order valence-electron chi connectivity index (χ4n) is 1.38. The minimum atomic E-state index is -2.76. The summed E-state index contributed by atoms with van der Waals surface area (Å²) in [5, 5.41) is 8.92. The number of carbonyl (C=O) groups excluding carboxylic acids is 4. The van der Waals surface area contributed by atoms with Crippen molar-refractivity contribution in [2.45, 2.75) is 26.3 Å². The molecular formula is C9H11NO6. The lowest BCUT2D eigenvalue weighted by atomic mass is 9.88. The van der Waals surface area contributed by atoms with E-state index >= 15 is 0 Å². The van der Waals surface area contributed by atoms with Crippen LogP contribution in [-0.2, 0) is 24.0 Å². The van der Waals surface area contributed by atoms with Gasteiger partial charge in [0.05, 0.1) is 0 Å². The van der Waals surface area contributed by atoms with Crippen molar-refractivity contribution >= 4 is 29.9 Å². The average molecular weight is 229 g/mol. The Labute approximate surface area is 91.0 Å². The van der Waals surface area contributed by atoms with Gasteiger partial charge in [-0.15, -0.1) is 0 Å². The predicted molar refractivity (Wildman–Crippen MR) is 50.3 cm³/mol. The number of aliphatic carboxylic acids is 1. The third-order valence-electron chi connectivity index (χ3n) is 2.13. The highest BCUT2D eigenvalue weighted by Gasteiger charge is 2.55. The van der Waals surface area contributed by atoms with Crippen LogP contribution >= 0.6 is 0 Å². The second kappa shape index (κ2) is 4.65. The normalized spacial score (nSPS) is 10.4. The molecule has 0 aromatic heterocycles. The highest BCUT2D eigenvalue weighted by Crippen LogP contribution is 2.18. The third kappa shape index (κ3) is 1.83. The standard InChI is InChI=1S/C9H11NO6/c1-5(12)9(6(2)13,8(15)16)10(4-11)7(3)14/h4H,1-3H3,(H,15,16). The van der Waals surface area contributed by atoms with Gasteiger partial charge < -0.3 is 5.11 Å². The Kier molecular flexibility index (Phi) is 4.05. The lowest BCUT2D eigenvalue weighted by molar-refractivity contribution is -0.169. The Morgan fingerprint density at radius 1 is 1.06 bits per heavy atom. The van der Waals surface area contributed by atoms with Crippen molar-refractivity contribution in [3.8, 4) is 0 Å². The van der Waals surface area contributed by atoms with Crippen molar-refractivity contribution < 1.29 is 29.1 Å². The number of Topliss-reactive ketones (excluding diaryl/α,β-unsaturated/α-hetero) is 2. The summed E-state index contributed by atoms with van der Waals surface area (Å²) in [6, 6.07) is 0. The number of hydrogen-bond acceptors (Lipinski definition) is 5. The molecule has 0 saturated heterocycles. The first-order valence-corrected chi connectivity index (χ1v) is 4.23. The molecule has 0 heterocycles. The summed E-state index contributed by atoms with van der Waals surface area (Å²) in [5.41, 5.74) is -2.76. The molecule has 7 heteroatoms. The average Bonchev–Trinajstić information content (AvgIpc) is 2.10. The van der Waals surface area contributed by atoms with E-state index in [-0.39, 0.29) is 11.3 Å². The Morgan fingerprint density at radius 2 is 1.44 bits per heavy atom. The van der Waals surface area contributed by atoms with E-state index in [1.54, 1.807) is 0 Å². The topological polar surface area (TPSA) is 109 Å². The number of amides is 2. The van der Waals surface area contributed by atoms with Gasteiger partial charge in [0, 0.05) is 6.92 Å². The number of carboxylic acids is 1. The van der Waals surface area contributed by atoms with Crippen LogP contribution in [0.25, 0.3) is 0 Å². The zero-order chi connectivity index (χ0) is 13.1. The van der Waals surface area contributed by atoms with E-state index < -0.39 is 29.0 Å². The van der Waals surface area contributed by atoms with Crippen LogP contribution < -0.4 is 0 Å². The van der Waals surface area contributed by atoms with Gasteiger partial charge in [-0.1, -0.05) is 0 Å². The molecule has 0 atom stereocenters. The summed E-state index contributed by atoms with van der Waals surface area (Å²) < 4.78 is 0. The van der Waals surface area contributed by atoms with Gasteiger partial charge in [-0.2, -0.15) is 0 Å². The first-order valence-electron chi connectivity index (χ1n) is 4.23. The smallest absolute Gasteiger partial charge is 0.345 e. The highest BCUT2D eigenvalue weighted by atomic mass is 16.4. The molecule has 0 aliphatic carbocycles. The van der Waals surface area contributed by atoms with Crippen molar-refractivity contribution in [1.82, 2.24) is 4.90 Å². The molecule has 0 spiro atoms. The molecule has 2 amide bonds. The van der Waals surface area contributed by atoms with Gasteiger partial charge in [0.1, 0.15) is 0 Å². The Bertz CT molecular complexity index is 336. The first-order chi connectivity index (χ1) is 7.22. The van der Waals surface area contributed by atoms with Crippen LogP contribution in [0.1, 0.15) is 20.8 Å². The molecule has 0 aromatic rings. The lowest BCUT2D eigenvalue weighted by Gasteiger charge is -2.31. The van der Waals surface area contributed by atoms with Crippen molar-refractivity contribution in [3.63, 3.8) is 0 Å². The summed E-state index contributed by atoms with van der Waals surface area (Å²) >= 11 is 0. The Morgan fingerprint density at radius 3 is 1.50 bits per heavy atom. The Hall–Kier alpha value is -2.05. The number of ketones is 2. The van der Waals surface area contributed by atoms with Crippen molar-refractivity contribution in [2.24, 2.45) is 0 Å². The van der Waals surface area contributed by atoms with E-state index in [1.807, 2.05) is 0 Å². The molecule has 0 aliphatic heterocycles. The fourth-order valence-corrected chi connectivity index (χ4v) is 1.38. The largest absolute Gasteiger partial charge is 0.479 e. The molecule has 16 heavy (non-hydrogen) atoms. The fraction of sp³-hybridized carbons (Fsp3) is 0.444. The van der Waals surface area contributed by atoms with Gasteiger partial charge in [0.25, 0.3) is 5.54 Å². The third-order valence-corrected chi connectivity index (χ3v) is 2.13. The molecule has 0 radical (unpaired) electrons. The minimum Gasteiger partial charge on any atom is -0.479 e. The van der Waals surface area contributed by atoms with Gasteiger partial charge >= 0.3 is 5.97 Å². The molecular weight excluding hydrogens is 218 g/mol. The van der Waals surface area contributed by atoms with Crippen LogP contribution in [0.2, 0.25) is 0 Å². The van der Waals surface area contributed by atoms with Gasteiger partial charge in [-0.25, -0.2) is 4.79 Å². The van der Waals surface area contributed by atoms with Gasteiger partial charge in [0.15, 0.2) is 11.6 Å². The molecule has 0 aromatic carbocycles. The van der Waals surface area contributed by atoms with E-state index in [1.165, 1.54) is 0 Å². The van der Waals surface area contributed by atoms with Crippen LogP contribution in [0.3, 0.4) is 0 Å². The van der Waals surface area contributed by atoms with Crippen LogP contribution in [0.5, 0.6) is 0 Å². The Balaban J connectivity index is 5.98. The first kappa shape index (κ1) is 13.9. The SMILES string of the molecule is CC(=O)N(C=O)C(C(C)=O)(C(C)=O)C(=O)O. The molecule has 0 saturated carbocycles. The summed E-state index contributed by atoms with van der Waals surface area (Å²) in [4.78, 5) is 55.4.